The minimum absolute atomic E-state index is 0.0370. The fourth-order valence-electron chi connectivity index (χ4n) is 1.78. The molecule has 1 heterocycles. The molecular weight excluding hydrogens is 204 g/mol. The van der Waals surface area contributed by atoms with Crippen LogP contribution in [-0.4, -0.2) is 40.1 Å². The van der Waals surface area contributed by atoms with Crippen LogP contribution < -0.4 is 0 Å². The van der Waals surface area contributed by atoms with E-state index in [2.05, 4.69) is 4.98 Å². The number of rotatable bonds is 5. The van der Waals surface area contributed by atoms with Crippen molar-refractivity contribution in [2.24, 2.45) is 0 Å². The monoisotopic (exact) mass is 220 g/mol. The molecule has 2 rings (SSSR count). The standard InChI is InChI=1S/C12H16N2O2/c15-7-6-14(11-3-4-11)12(16)8-10-2-1-5-13-9-10/h1-2,5,9,11,15H,3-4,6-8H2. The highest BCUT2D eigenvalue weighted by Gasteiger charge is 2.31. The largest absolute Gasteiger partial charge is 0.395 e. The summed E-state index contributed by atoms with van der Waals surface area (Å²) >= 11 is 0. The molecule has 1 aromatic rings. The Kier molecular flexibility index (Phi) is 3.51. The number of pyridine rings is 1. The van der Waals surface area contributed by atoms with Crippen molar-refractivity contribution in [1.29, 1.82) is 0 Å². The molecule has 1 aliphatic rings. The first-order valence-electron chi connectivity index (χ1n) is 5.60. The molecule has 1 N–H and O–H groups in total. The molecule has 4 nitrogen and oxygen atoms in total. The lowest BCUT2D eigenvalue weighted by molar-refractivity contribution is -0.131. The molecule has 0 aromatic carbocycles. The second kappa shape index (κ2) is 5.07. The van der Waals surface area contributed by atoms with Crippen LogP contribution in [0.5, 0.6) is 0 Å². The minimum Gasteiger partial charge on any atom is -0.395 e. The maximum absolute atomic E-state index is 12.0. The lowest BCUT2D eigenvalue weighted by Gasteiger charge is -2.21. The van der Waals surface area contributed by atoms with Crippen LogP contribution in [0.2, 0.25) is 0 Å². The van der Waals surface area contributed by atoms with E-state index in [1.54, 1.807) is 17.3 Å². The summed E-state index contributed by atoms with van der Waals surface area (Å²) in [5.74, 6) is 0.0875. The van der Waals surface area contributed by atoms with Crippen molar-refractivity contribution in [2.75, 3.05) is 13.2 Å². The summed E-state index contributed by atoms with van der Waals surface area (Å²) in [6.07, 6.45) is 5.92. The Labute approximate surface area is 94.9 Å². The Bertz CT molecular complexity index is 349. The molecule has 0 aliphatic heterocycles. The van der Waals surface area contributed by atoms with Gasteiger partial charge in [-0.3, -0.25) is 9.78 Å². The highest BCUT2D eigenvalue weighted by atomic mass is 16.3. The van der Waals surface area contributed by atoms with E-state index in [9.17, 15) is 4.79 Å². The normalized spacial score (nSPS) is 14.8. The molecule has 4 heteroatoms. The third kappa shape index (κ3) is 2.79. The number of aliphatic hydroxyl groups excluding tert-OH is 1. The van der Waals surface area contributed by atoms with Crippen LogP contribution in [0.25, 0.3) is 0 Å². The molecule has 16 heavy (non-hydrogen) atoms. The molecule has 86 valence electrons. The van der Waals surface area contributed by atoms with Gasteiger partial charge in [-0.1, -0.05) is 6.07 Å². The van der Waals surface area contributed by atoms with E-state index >= 15 is 0 Å². The van der Waals surface area contributed by atoms with Gasteiger partial charge in [0.05, 0.1) is 13.0 Å². The lowest BCUT2D eigenvalue weighted by Crippen LogP contribution is -2.36. The van der Waals surface area contributed by atoms with Crippen molar-refractivity contribution >= 4 is 5.91 Å². The van der Waals surface area contributed by atoms with Gasteiger partial charge in [0.1, 0.15) is 0 Å². The molecule has 1 saturated carbocycles. The first-order valence-corrected chi connectivity index (χ1v) is 5.60. The van der Waals surface area contributed by atoms with Gasteiger partial charge >= 0.3 is 0 Å². The number of carbonyl (C=O) groups is 1. The number of aromatic nitrogens is 1. The number of carbonyl (C=O) groups excluding carboxylic acids is 1. The topological polar surface area (TPSA) is 53.4 Å². The molecule has 0 radical (unpaired) electrons. The van der Waals surface area contributed by atoms with Crippen molar-refractivity contribution < 1.29 is 9.90 Å². The molecular formula is C12H16N2O2. The molecule has 1 aliphatic carbocycles. The van der Waals surface area contributed by atoms with Gasteiger partial charge in [-0.05, 0) is 24.5 Å². The van der Waals surface area contributed by atoms with Crippen LogP contribution in [0.3, 0.4) is 0 Å². The number of hydrogen-bond acceptors (Lipinski definition) is 3. The number of amides is 1. The number of hydrogen-bond donors (Lipinski definition) is 1. The van der Waals surface area contributed by atoms with Crippen LogP contribution in [-0.2, 0) is 11.2 Å². The van der Waals surface area contributed by atoms with Gasteiger partial charge in [0, 0.05) is 25.0 Å². The first kappa shape index (κ1) is 11.1. The highest BCUT2D eigenvalue weighted by molar-refractivity contribution is 5.79. The predicted molar refractivity (Wildman–Crippen MR) is 59.8 cm³/mol. The predicted octanol–water partition coefficient (Wildman–Crippen LogP) is 0.607. The summed E-state index contributed by atoms with van der Waals surface area (Å²) < 4.78 is 0. The lowest BCUT2D eigenvalue weighted by atomic mass is 10.2. The molecule has 0 saturated heterocycles. The summed E-state index contributed by atoms with van der Waals surface area (Å²) in [5, 5.41) is 8.92. The average molecular weight is 220 g/mol. The number of aliphatic hydroxyl groups is 1. The summed E-state index contributed by atoms with van der Waals surface area (Å²) in [7, 11) is 0. The minimum atomic E-state index is 0.0370. The van der Waals surface area contributed by atoms with Crippen LogP contribution in [0.4, 0.5) is 0 Å². The van der Waals surface area contributed by atoms with Gasteiger partial charge in [-0.25, -0.2) is 0 Å². The van der Waals surface area contributed by atoms with E-state index in [0.29, 0.717) is 19.0 Å². The van der Waals surface area contributed by atoms with Gasteiger partial charge in [-0.15, -0.1) is 0 Å². The average Bonchev–Trinajstić information content (AvgIpc) is 3.11. The molecule has 1 aromatic heterocycles. The van der Waals surface area contributed by atoms with Gasteiger partial charge in [-0.2, -0.15) is 0 Å². The third-order valence-electron chi connectivity index (χ3n) is 2.73. The van der Waals surface area contributed by atoms with E-state index < -0.39 is 0 Å². The van der Waals surface area contributed by atoms with Crippen molar-refractivity contribution in [3.05, 3.63) is 30.1 Å². The van der Waals surface area contributed by atoms with Crippen molar-refractivity contribution in [1.82, 2.24) is 9.88 Å². The van der Waals surface area contributed by atoms with Crippen LogP contribution >= 0.6 is 0 Å². The maximum Gasteiger partial charge on any atom is 0.227 e. The Balaban J connectivity index is 1.95. The van der Waals surface area contributed by atoms with E-state index in [0.717, 1.165) is 18.4 Å². The summed E-state index contributed by atoms with van der Waals surface area (Å²) in [6, 6.07) is 4.08. The van der Waals surface area contributed by atoms with Gasteiger partial charge in [0.15, 0.2) is 0 Å². The maximum atomic E-state index is 12.0. The molecule has 0 unspecified atom stereocenters. The summed E-state index contributed by atoms with van der Waals surface area (Å²) in [6.45, 7) is 0.485. The van der Waals surface area contributed by atoms with E-state index in [1.807, 2.05) is 12.1 Å². The van der Waals surface area contributed by atoms with Crippen molar-refractivity contribution in [2.45, 2.75) is 25.3 Å². The second-order valence-corrected chi connectivity index (χ2v) is 4.08. The molecule has 0 bridgehead atoms. The first-order chi connectivity index (χ1) is 7.81. The zero-order valence-electron chi connectivity index (χ0n) is 9.17. The van der Waals surface area contributed by atoms with Gasteiger partial charge in [0.25, 0.3) is 0 Å². The fraction of sp³-hybridized carbons (Fsp3) is 0.500. The molecule has 1 fully saturated rings. The van der Waals surface area contributed by atoms with Crippen LogP contribution in [0, 0.1) is 0 Å². The van der Waals surface area contributed by atoms with Crippen LogP contribution in [0.15, 0.2) is 24.5 Å². The summed E-state index contributed by atoms with van der Waals surface area (Å²) in [5.41, 5.74) is 0.927. The molecule has 0 atom stereocenters. The third-order valence-corrected chi connectivity index (χ3v) is 2.73. The van der Waals surface area contributed by atoms with Crippen LogP contribution in [0.1, 0.15) is 18.4 Å². The van der Waals surface area contributed by atoms with Crippen molar-refractivity contribution in [3.8, 4) is 0 Å². The van der Waals surface area contributed by atoms with E-state index in [-0.39, 0.29) is 12.5 Å². The Morgan fingerprint density at radius 1 is 1.56 bits per heavy atom. The molecule has 1 amide bonds. The van der Waals surface area contributed by atoms with Gasteiger partial charge in [0.2, 0.25) is 5.91 Å². The SMILES string of the molecule is O=C(Cc1cccnc1)N(CCO)C1CC1. The summed E-state index contributed by atoms with van der Waals surface area (Å²) in [4.78, 5) is 17.7. The fourth-order valence-corrected chi connectivity index (χ4v) is 1.78. The van der Waals surface area contributed by atoms with Gasteiger partial charge < -0.3 is 10.0 Å². The Morgan fingerprint density at radius 3 is 2.94 bits per heavy atom. The second-order valence-electron chi connectivity index (χ2n) is 4.08. The van der Waals surface area contributed by atoms with E-state index in [1.165, 1.54) is 0 Å². The molecule has 0 spiro atoms. The van der Waals surface area contributed by atoms with E-state index in [4.69, 9.17) is 5.11 Å². The quantitative estimate of drug-likeness (QED) is 0.791. The highest BCUT2D eigenvalue weighted by Crippen LogP contribution is 2.27. The number of nitrogens with zero attached hydrogens (tertiary/aromatic N) is 2. The zero-order valence-corrected chi connectivity index (χ0v) is 9.17. The zero-order chi connectivity index (χ0) is 11.4. The Morgan fingerprint density at radius 2 is 2.38 bits per heavy atom. The van der Waals surface area contributed by atoms with Crippen molar-refractivity contribution in [3.63, 3.8) is 0 Å². The Hall–Kier alpha value is -1.42. The smallest absolute Gasteiger partial charge is 0.227 e.